The third kappa shape index (κ3) is 3.21. The van der Waals surface area contributed by atoms with E-state index in [2.05, 4.69) is 24.0 Å². The molecule has 1 aliphatic carbocycles. The van der Waals surface area contributed by atoms with Gasteiger partial charge in [0.2, 0.25) is 5.89 Å². The van der Waals surface area contributed by atoms with E-state index in [4.69, 9.17) is 20.8 Å². The topological polar surface area (TPSA) is 35.3 Å². The maximum atomic E-state index is 6.30. The molecule has 118 valence electrons. The van der Waals surface area contributed by atoms with Crippen molar-refractivity contribution in [1.82, 2.24) is 4.98 Å². The minimum Gasteiger partial charge on any atom is -0.440 e. The SMILES string of the molecule is COC(Cl)c1nc(-c2ccc(C)cc2)oc1C1CCCCC1. The van der Waals surface area contributed by atoms with E-state index in [1.165, 1.54) is 24.8 Å². The second-order valence-electron chi connectivity index (χ2n) is 6.02. The average molecular weight is 320 g/mol. The molecular weight excluding hydrogens is 298 g/mol. The second-order valence-corrected chi connectivity index (χ2v) is 6.42. The Kier molecular flexibility index (Phi) is 4.84. The van der Waals surface area contributed by atoms with Crippen LogP contribution in [0, 0.1) is 6.92 Å². The Bertz CT molecular complexity index is 615. The van der Waals surface area contributed by atoms with Crippen LogP contribution in [-0.2, 0) is 4.74 Å². The van der Waals surface area contributed by atoms with E-state index in [1.807, 2.05) is 12.1 Å². The molecule has 1 unspecified atom stereocenters. The molecule has 0 radical (unpaired) electrons. The summed E-state index contributed by atoms with van der Waals surface area (Å²) in [5, 5.41) is 0. The van der Waals surface area contributed by atoms with Crippen LogP contribution >= 0.6 is 11.6 Å². The summed E-state index contributed by atoms with van der Waals surface area (Å²) in [7, 11) is 1.60. The maximum Gasteiger partial charge on any atom is 0.226 e. The van der Waals surface area contributed by atoms with Crippen molar-refractivity contribution in [3.05, 3.63) is 41.3 Å². The molecule has 0 saturated heterocycles. The molecule has 1 aliphatic rings. The van der Waals surface area contributed by atoms with Crippen LogP contribution in [0.4, 0.5) is 0 Å². The van der Waals surface area contributed by atoms with Crippen LogP contribution in [0.3, 0.4) is 0 Å². The van der Waals surface area contributed by atoms with Gasteiger partial charge in [0, 0.05) is 18.6 Å². The number of alkyl halides is 1. The summed E-state index contributed by atoms with van der Waals surface area (Å²) < 4.78 is 11.4. The molecule has 3 nitrogen and oxygen atoms in total. The smallest absolute Gasteiger partial charge is 0.226 e. The van der Waals surface area contributed by atoms with Crippen LogP contribution in [0.2, 0.25) is 0 Å². The number of ether oxygens (including phenoxy) is 1. The summed E-state index contributed by atoms with van der Waals surface area (Å²) in [5.41, 5.74) is 2.38. The van der Waals surface area contributed by atoms with Crippen molar-refractivity contribution in [2.45, 2.75) is 50.5 Å². The highest BCUT2D eigenvalue weighted by Gasteiger charge is 2.28. The molecule has 2 aromatic rings. The second kappa shape index (κ2) is 6.84. The van der Waals surface area contributed by atoms with Gasteiger partial charge in [-0.25, -0.2) is 4.98 Å². The molecule has 0 spiro atoms. The molecule has 1 fully saturated rings. The van der Waals surface area contributed by atoms with Gasteiger partial charge in [-0.15, -0.1) is 0 Å². The lowest BCUT2D eigenvalue weighted by molar-refractivity contribution is 0.163. The number of halogens is 1. The molecule has 0 N–H and O–H groups in total. The van der Waals surface area contributed by atoms with Gasteiger partial charge in [-0.3, -0.25) is 0 Å². The van der Waals surface area contributed by atoms with Crippen molar-refractivity contribution in [3.8, 4) is 11.5 Å². The largest absolute Gasteiger partial charge is 0.440 e. The lowest BCUT2D eigenvalue weighted by Gasteiger charge is -2.20. The van der Waals surface area contributed by atoms with Gasteiger partial charge in [0.1, 0.15) is 11.5 Å². The number of hydrogen-bond donors (Lipinski definition) is 0. The number of rotatable bonds is 4. The van der Waals surface area contributed by atoms with E-state index < -0.39 is 5.56 Å². The summed E-state index contributed by atoms with van der Waals surface area (Å²) in [6, 6.07) is 8.19. The minimum atomic E-state index is -0.556. The molecule has 0 aliphatic heterocycles. The van der Waals surface area contributed by atoms with E-state index in [0.29, 0.717) is 11.8 Å². The molecule has 22 heavy (non-hydrogen) atoms. The Morgan fingerprint density at radius 2 is 1.86 bits per heavy atom. The molecule has 0 bridgehead atoms. The molecule has 1 atom stereocenters. The number of oxazole rings is 1. The first kappa shape index (κ1) is 15.6. The Labute approximate surface area is 136 Å². The Balaban J connectivity index is 1.98. The highest BCUT2D eigenvalue weighted by molar-refractivity contribution is 6.19. The zero-order valence-corrected chi connectivity index (χ0v) is 13.9. The molecule has 1 aromatic carbocycles. The summed E-state index contributed by atoms with van der Waals surface area (Å²) in [5.74, 6) is 1.96. The third-order valence-corrected chi connectivity index (χ3v) is 4.76. The van der Waals surface area contributed by atoms with Crippen molar-refractivity contribution in [3.63, 3.8) is 0 Å². The first-order valence-corrected chi connectivity index (χ1v) is 8.37. The Hall–Kier alpha value is -1.32. The predicted octanol–water partition coefficient (Wildman–Crippen LogP) is 5.58. The molecule has 1 saturated carbocycles. The van der Waals surface area contributed by atoms with Gasteiger partial charge in [-0.1, -0.05) is 48.6 Å². The average Bonchev–Trinajstić information content (AvgIpc) is 3.01. The van der Waals surface area contributed by atoms with Crippen molar-refractivity contribution >= 4 is 11.6 Å². The predicted molar refractivity (Wildman–Crippen MR) is 88.1 cm³/mol. The van der Waals surface area contributed by atoms with E-state index in [9.17, 15) is 0 Å². The van der Waals surface area contributed by atoms with E-state index >= 15 is 0 Å². The number of hydrogen-bond acceptors (Lipinski definition) is 3. The summed E-state index contributed by atoms with van der Waals surface area (Å²) in [6.07, 6.45) is 6.07. The number of aromatic nitrogens is 1. The fourth-order valence-corrected chi connectivity index (χ4v) is 3.25. The van der Waals surface area contributed by atoms with Gasteiger partial charge in [-0.05, 0) is 31.9 Å². The number of aryl methyl sites for hydroxylation is 1. The van der Waals surface area contributed by atoms with Crippen molar-refractivity contribution in [2.75, 3.05) is 7.11 Å². The summed E-state index contributed by atoms with van der Waals surface area (Å²) >= 11 is 6.30. The zero-order chi connectivity index (χ0) is 15.5. The zero-order valence-electron chi connectivity index (χ0n) is 13.1. The van der Waals surface area contributed by atoms with Crippen LogP contribution < -0.4 is 0 Å². The summed E-state index contributed by atoms with van der Waals surface area (Å²) in [6.45, 7) is 2.07. The van der Waals surface area contributed by atoms with Crippen molar-refractivity contribution in [2.24, 2.45) is 0 Å². The van der Waals surface area contributed by atoms with Gasteiger partial charge in [-0.2, -0.15) is 0 Å². The van der Waals surface area contributed by atoms with Crippen LogP contribution in [-0.4, -0.2) is 12.1 Å². The molecule has 3 rings (SSSR count). The lowest BCUT2D eigenvalue weighted by Crippen LogP contribution is -2.07. The standard InChI is InChI=1S/C18H22ClNO2/c1-12-8-10-14(11-9-12)18-20-15(17(19)21-2)16(22-18)13-6-4-3-5-7-13/h8-11,13,17H,3-7H2,1-2H3. The number of benzene rings is 1. The van der Waals surface area contributed by atoms with Crippen molar-refractivity contribution < 1.29 is 9.15 Å². The van der Waals surface area contributed by atoms with Crippen molar-refractivity contribution in [1.29, 1.82) is 0 Å². The van der Waals surface area contributed by atoms with Gasteiger partial charge in [0.05, 0.1) is 0 Å². The minimum absolute atomic E-state index is 0.409. The van der Waals surface area contributed by atoms with Crippen LogP contribution in [0.25, 0.3) is 11.5 Å². The quantitative estimate of drug-likeness (QED) is 0.690. The first-order chi connectivity index (χ1) is 10.7. The molecule has 4 heteroatoms. The normalized spacial score (nSPS) is 17.6. The molecule has 0 amide bonds. The first-order valence-electron chi connectivity index (χ1n) is 7.93. The van der Waals surface area contributed by atoms with E-state index in [-0.39, 0.29) is 0 Å². The molecule has 1 heterocycles. The van der Waals surface area contributed by atoms with Crippen LogP contribution in [0.1, 0.15) is 60.6 Å². The lowest BCUT2D eigenvalue weighted by atomic mass is 9.87. The van der Waals surface area contributed by atoms with E-state index in [0.717, 1.165) is 29.9 Å². The molecule has 1 aromatic heterocycles. The van der Waals surface area contributed by atoms with Crippen LogP contribution in [0.15, 0.2) is 28.7 Å². The Morgan fingerprint density at radius 3 is 2.50 bits per heavy atom. The fourth-order valence-electron chi connectivity index (χ4n) is 3.09. The fraction of sp³-hybridized carbons (Fsp3) is 0.500. The van der Waals surface area contributed by atoms with Gasteiger partial charge < -0.3 is 9.15 Å². The maximum absolute atomic E-state index is 6.30. The highest BCUT2D eigenvalue weighted by Crippen LogP contribution is 2.39. The summed E-state index contributed by atoms with van der Waals surface area (Å²) in [4.78, 5) is 4.63. The Morgan fingerprint density at radius 1 is 1.18 bits per heavy atom. The molecular formula is C18H22ClNO2. The number of nitrogens with zero attached hydrogens (tertiary/aromatic N) is 1. The van der Waals surface area contributed by atoms with Gasteiger partial charge in [0.25, 0.3) is 0 Å². The van der Waals surface area contributed by atoms with E-state index in [1.54, 1.807) is 7.11 Å². The van der Waals surface area contributed by atoms with Gasteiger partial charge in [0.15, 0.2) is 5.56 Å². The van der Waals surface area contributed by atoms with Gasteiger partial charge >= 0.3 is 0 Å². The third-order valence-electron chi connectivity index (χ3n) is 4.38. The van der Waals surface area contributed by atoms with Crippen LogP contribution in [0.5, 0.6) is 0 Å². The number of methoxy groups -OCH3 is 1. The highest BCUT2D eigenvalue weighted by atomic mass is 35.5. The monoisotopic (exact) mass is 319 g/mol.